The van der Waals surface area contributed by atoms with E-state index in [1.807, 2.05) is 0 Å². The highest BCUT2D eigenvalue weighted by molar-refractivity contribution is 6.24. The first-order valence-corrected chi connectivity index (χ1v) is 14.1. The Bertz CT molecular complexity index is 1850. The number of nitrogens with two attached hydrogens (primary N) is 1. The van der Waals surface area contributed by atoms with Crippen LogP contribution in [0.25, 0.3) is 5.76 Å². The number of Topliss-reactive ketones (excluding diaryl/α,β-unsaturated/α-hetero) is 2. The number of nitro groups is 1. The van der Waals surface area contributed by atoms with Crippen molar-refractivity contribution in [2.45, 2.75) is 24.5 Å². The van der Waals surface area contributed by atoms with Crippen LogP contribution in [0.3, 0.4) is 0 Å². The third-order valence-corrected chi connectivity index (χ3v) is 8.83. The van der Waals surface area contributed by atoms with Gasteiger partial charge in [-0.3, -0.25) is 29.4 Å². The van der Waals surface area contributed by atoms with E-state index in [1.54, 1.807) is 19.0 Å². The fourth-order valence-corrected chi connectivity index (χ4v) is 6.80. The van der Waals surface area contributed by atoms with Crippen molar-refractivity contribution in [1.29, 1.82) is 0 Å². The number of carbonyl (C=O) groups is 4. The maximum absolute atomic E-state index is 14.1. The molecule has 3 aliphatic carbocycles. The molecule has 1 saturated carbocycles. The van der Waals surface area contributed by atoms with Gasteiger partial charge in [-0.15, -0.1) is 0 Å². The maximum atomic E-state index is 14.1. The van der Waals surface area contributed by atoms with E-state index in [0.717, 1.165) is 18.2 Å². The number of urea groups is 1. The van der Waals surface area contributed by atoms with Gasteiger partial charge in [0.25, 0.3) is 5.91 Å². The van der Waals surface area contributed by atoms with Gasteiger partial charge in [0.1, 0.15) is 17.1 Å². The summed E-state index contributed by atoms with van der Waals surface area (Å²) in [5, 5.41) is 61.5. The van der Waals surface area contributed by atoms with Crippen LogP contribution < -0.4 is 21.3 Å². The maximum Gasteiger partial charge on any atom is 0.323 e. The number of anilines is 3. The number of benzene rings is 2. The Hall–Kier alpha value is -5.55. The normalized spacial score (nSPS) is 23.6. The van der Waals surface area contributed by atoms with Crippen LogP contribution in [-0.2, 0) is 20.8 Å². The first kappa shape index (κ1) is 32.8. The number of aliphatic hydroxyl groups excluding tert-OH is 2. The molecule has 0 radical (unpaired) electrons. The van der Waals surface area contributed by atoms with E-state index in [9.17, 15) is 54.1 Å². The number of halogens is 1. The van der Waals surface area contributed by atoms with Crippen LogP contribution in [0, 0.1) is 27.8 Å². The molecule has 4 unspecified atom stereocenters. The lowest BCUT2D eigenvalue weighted by molar-refractivity contribution is -0.387. The molecule has 0 aromatic heterocycles. The van der Waals surface area contributed by atoms with Gasteiger partial charge < -0.3 is 41.7 Å². The Labute approximate surface area is 265 Å². The molecule has 2 aromatic rings. The van der Waals surface area contributed by atoms with Crippen LogP contribution in [0.4, 0.5) is 31.9 Å². The van der Waals surface area contributed by atoms with Gasteiger partial charge in [-0.05, 0) is 56.6 Å². The fourth-order valence-electron chi connectivity index (χ4n) is 6.80. The summed E-state index contributed by atoms with van der Waals surface area (Å²) in [6, 6.07) is 1.81. The summed E-state index contributed by atoms with van der Waals surface area (Å²) in [6.07, 6.45) is -0.0903. The van der Waals surface area contributed by atoms with Crippen LogP contribution >= 0.6 is 0 Å². The van der Waals surface area contributed by atoms with Crippen molar-refractivity contribution in [3.63, 3.8) is 0 Å². The van der Waals surface area contributed by atoms with Gasteiger partial charge in [-0.1, -0.05) is 0 Å². The molecule has 8 N–H and O–H groups in total. The second-order valence-corrected chi connectivity index (χ2v) is 12.0. The zero-order valence-electron chi connectivity index (χ0n) is 25.5. The molecule has 3 aliphatic rings. The summed E-state index contributed by atoms with van der Waals surface area (Å²) in [4.78, 5) is 65.5. The Balaban J connectivity index is 1.61. The van der Waals surface area contributed by atoms with Gasteiger partial charge in [-0.2, -0.15) is 4.39 Å². The van der Waals surface area contributed by atoms with Crippen molar-refractivity contribution < 1.29 is 48.9 Å². The number of phenols is 1. The van der Waals surface area contributed by atoms with Crippen LogP contribution in [0.5, 0.6) is 5.75 Å². The van der Waals surface area contributed by atoms with Crippen molar-refractivity contribution in [3.8, 4) is 5.75 Å². The molecule has 2 aromatic carbocycles. The number of nitrogens with zero attached hydrogens (tertiary/aromatic N) is 3. The molecule has 17 heteroatoms. The predicted molar refractivity (Wildman–Crippen MR) is 164 cm³/mol. The molecule has 0 saturated heterocycles. The number of phenolic OH excluding ortho intramolecular Hbond substituents is 1. The van der Waals surface area contributed by atoms with Crippen molar-refractivity contribution in [1.82, 2.24) is 4.90 Å². The first-order valence-electron chi connectivity index (χ1n) is 14.1. The van der Waals surface area contributed by atoms with Gasteiger partial charge in [0.15, 0.2) is 17.1 Å². The number of hydrogen-bond donors (Lipinski definition) is 7. The van der Waals surface area contributed by atoms with Crippen LogP contribution in [-0.4, -0.2) is 93.6 Å². The number of likely N-dealkylation sites (N-methyl/N-ethyl adjacent to an activating group) is 1. The number of nitrogens with one attached hydrogen (secondary N) is 2. The zero-order valence-corrected chi connectivity index (χ0v) is 25.5. The number of hydrogen-bond acceptors (Lipinski definition) is 12. The molecule has 0 bridgehead atoms. The van der Waals surface area contributed by atoms with Crippen molar-refractivity contribution in [2.24, 2.45) is 17.6 Å². The average Bonchev–Trinajstić information content (AvgIpc) is 2.96. The SMILES string of the molecule is CN(C)c1cc(NC(=O)Nc2ccc(F)c([N+](=O)[O-])c2)c(O)c2c1CC1CC3C(N(C)C)C(=O)C(C(N)=O)=C(O)C3(O)C(=O)C1=C2O. The monoisotopic (exact) mass is 654 g/mol. The molecule has 5 rings (SSSR count). The summed E-state index contributed by atoms with van der Waals surface area (Å²) < 4.78 is 13.8. The Kier molecular flexibility index (Phi) is 7.93. The fraction of sp³-hybridized carbons (Fsp3) is 0.333. The van der Waals surface area contributed by atoms with E-state index in [1.165, 1.54) is 25.1 Å². The first-order chi connectivity index (χ1) is 21.9. The zero-order chi connectivity index (χ0) is 34.9. The van der Waals surface area contributed by atoms with Crippen LogP contribution in [0.2, 0.25) is 0 Å². The van der Waals surface area contributed by atoms with Gasteiger partial charge in [-0.25, -0.2) is 4.79 Å². The number of primary amides is 1. The minimum Gasteiger partial charge on any atom is -0.508 e. The van der Waals surface area contributed by atoms with E-state index in [-0.39, 0.29) is 35.4 Å². The Morgan fingerprint density at radius 2 is 1.77 bits per heavy atom. The molecule has 0 heterocycles. The number of aromatic hydroxyl groups is 1. The summed E-state index contributed by atoms with van der Waals surface area (Å²) in [6.45, 7) is 0. The Morgan fingerprint density at radius 1 is 1.11 bits per heavy atom. The van der Waals surface area contributed by atoms with E-state index in [0.29, 0.717) is 11.3 Å². The predicted octanol–water partition coefficient (Wildman–Crippen LogP) is 1.72. The van der Waals surface area contributed by atoms with Crippen molar-refractivity contribution in [3.05, 3.63) is 68.2 Å². The molecule has 16 nitrogen and oxygen atoms in total. The van der Waals surface area contributed by atoms with E-state index in [2.05, 4.69) is 10.6 Å². The minimum atomic E-state index is -2.82. The second kappa shape index (κ2) is 11.4. The number of ketones is 2. The third kappa shape index (κ3) is 4.99. The molecule has 0 aliphatic heterocycles. The van der Waals surface area contributed by atoms with E-state index < -0.39 is 86.3 Å². The number of nitro benzene ring substituents is 1. The topological polar surface area (TPSA) is 249 Å². The molecule has 47 heavy (non-hydrogen) atoms. The van der Waals surface area contributed by atoms with Crippen molar-refractivity contribution >= 4 is 52.0 Å². The van der Waals surface area contributed by atoms with Crippen LogP contribution in [0.15, 0.2) is 41.2 Å². The van der Waals surface area contributed by atoms with E-state index >= 15 is 0 Å². The quantitative estimate of drug-likeness (QED) is 0.102. The third-order valence-electron chi connectivity index (χ3n) is 8.83. The lowest BCUT2D eigenvalue weighted by Crippen LogP contribution is -2.65. The van der Waals surface area contributed by atoms with Gasteiger partial charge in [0.2, 0.25) is 11.6 Å². The summed E-state index contributed by atoms with van der Waals surface area (Å²) in [7, 11) is 6.28. The van der Waals surface area contributed by atoms with Crippen LogP contribution in [0.1, 0.15) is 17.5 Å². The second-order valence-electron chi connectivity index (χ2n) is 12.0. The highest BCUT2D eigenvalue weighted by Crippen LogP contribution is 2.54. The van der Waals surface area contributed by atoms with Gasteiger partial charge in [0, 0.05) is 43.0 Å². The number of aliphatic hydroxyl groups is 3. The highest BCUT2D eigenvalue weighted by atomic mass is 19.1. The lowest BCUT2D eigenvalue weighted by atomic mass is 9.57. The molecular weight excluding hydrogens is 623 g/mol. The summed E-state index contributed by atoms with van der Waals surface area (Å²) >= 11 is 0. The molecule has 0 spiro atoms. The molecule has 248 valence electrons. The number of amides is 3. The highest BCUT2D eigenvalue weighted by Gasteiger charge is 2.64. The minimum absolute atomic E-state index is 0.0152. The standard InChI is InChI=1S/C30H31FN6O10/c1-35(2)17-10-16(34-29(44)33-12-5-6-15(31)18(9-12)37(46)47)23(38)20-13(17)7-11-8-14-22(36(3)4)25(40)21(28(32)43)27(42)30(14,45)26(41)19(11)24(20)39/h5-6,9-11,14,22,38-39,42,45H,7-8H2,1-4H3,(H2,32,43)(H2,33,34,44). The number of fused-ring (bicyclic) bond motifs is 3. The van der Waals surface area contributed by atoms with E-state index in [4.69, 9.17) is 5.73 Å². The average molecular weight is 655 g/mol. The Morgan fingerprint density at radius 3 is 2.34 bits per heavy atom. The summed E-state index contributed by atoms with van der Waals surface area (Å²) in [5.41, 5.74) is 0.417. The molecule has 4 atom stereocenters. The molecule has 1 fully saturated rings. The summed E-state index contributed by atoms with van der Waals surface area (Å²) in [5.74, 6) is -9.27. The van der Waals surface area contributed by atoms with Gasteiger partial charge >= 0.3 is 11.7 Å². The largest absolute Gasteiger partial charge is 0.508 e. The number of rotatable bonds is 6. The molecular formula is C30H31FN6O10. The van der Waals surface area contributed by atoms with Crippen molar-refractivity contribution in [2.75, 3.05) is 43.7 Å². The van der Waals surface area contributed by atoms with Gasteiger partial charge in [0.05, 0.1) is 22.2 Å². The number of carbonyl (C=O) groups excluding carboxylic acids is 4. The molecule has 3 amide bonds. The smallest absolute Gasteiger partial charge is 0.323 e. The lowest BCUT2D eigenvalue weighted by Gasteiger charge is -2.50.